The Morgan fingerprint density at radius 1 is 1.07 bits per heavy atom. The zero-order valence-corrected chi connectivity index (χ0v) is 18.9. The van der Waals surface area contributed by atoms with E-state index in [0.717, 1.165) is 11.1 Å². The normalized spacial score (nSPS) is 12.1. The third-order valence-corrected chi connectivity index (χ3v) is 3.90. The maximum absolute atomic E-state index is 13.6. The van der Waals surface area contributed by atoms with Crippen LogP contribution in [0.15, 0.2) is 53.5 Å². The van der Waals surface area contributed by atoms with Crippen LogP contribution in [-0.4, -0.2) is 32.3 Å². The lowest BCUT2D eigenvalue weighted by atomic mass is 10.1. The fraction of sp³-hybridized carbons (Fsp3) is 0.381. The van der Waals surface area contributed by atoms with Crippen molar-refractivity contribution in [2.45, 2.75) is 33.1 Å². The topological polar surface area (TPSA) is 54.9 Å². The third kappa shape index (κ3) is 8.43. The lowest BCUT2D eigenvalue weighted by molar-refractivity contribution is 0.134. The second-order valence-electron chi connectivity index (χ2n) is 6.12. The second-order valence-corrected chi connectivity index (χ2v) is 6.12. The molecule has 1 unspecified atom stereocenters. The summed E-state index contributed by atoms with van der Waals surface area (Å²) in [5.41, 5.74) is 2.30. The number of hydrogen-bond acceptors (Lipinski definition) is 3. The summed E-state index contributed by atoms with van der Waals surface area (Å²) >= 11 is 0. The van der Waals surface area contributed by atoms with Gasteiger partial charge < -0.3 is 20.1 Å². The predicted octanol–water partition coefficient (Wildman–Crippen LogP) is 4.11. The molecule has 0 fully saturated rings. The molecule has 2 rings (SSSR count). The van der Waals surface area contributed by atoms with Gasteiger partial charge in [-0.2, -0.15) is 0 Å². The van der Waals surface area contributed by atoms with Crippen LogP contribution in [0.5, 0.6) is 5.75 Å². The van der Waals surface area contributed by atoms with Crippen molar-refractivity contribution in [1.82, 2.24) is 10.6 Å². The molecule has 0 saturated carbocycles. The van der Waals surface area contributed by atoms with Gasteiger partial charge in [-0.3, -0.25) is 4.99 Å². The van der Waals surface area contributed by atoms with Crippen LogP contribution in [0.1, 0.15) is 25.0 Å². The molecule has 0 aliphatic rings. The SMILES string of the molecule is CCOCc1ccc(CNC(=NC)NCC(C)Oc2ccccc2F)cc1.I. The summed E-state index contributed by atoms with van der Waals surface area (Å²) in [6.07, 6.45) is -0.210. The first kappa shape index (κ1) is 24.2. The Morgan fingerprint density at radius 2 is 1.75 bits per heavy atom. The maximum atomic E-state index is 13.6. The first-order valence-electron chi connectivity index (χ1n) is 9.13. The minimum absolute atomic E-state index is 0. The summed E-state index contributed by atoms with van der Waals surface area (Å²) in [4.78, 5) is 4.20. The number of nitrogens with one attached hydrogen (secondary N) is 2. The van der Waals surface area contributed by atoms with Crippen LogP contribution in [0.3, 0.4) is 0 Å². The van der Waals surface area contributed by atoms with Gasteiger partial charge in [0.2, 0.25) is 0 Å². The van der Waals surface area contributed by atoms with E-state index in [4.69, 9.17) is 9.47 Å². The quantitative estimate of drug-likeness (QED) is 0.309. The van der Waals surface area contributed by atoms with E-state index in [2.05, 4.69) is 39.9 Å². The molecule has 0 amide bonds. The molecule has 154 valence electrons. The summed E-state index contributed by atoms with van der Waals surface area (Å²) in [5, 5.41) is 6.45. The maximum Gasteiger partial charge on any atom is 0.191 e. The van der Waals surface area contributed by atoms with Crippen molar-refractivity contribution in [1.29, 1.82) is 0 Å². The number of nitrogens with zero attached hydrogens (tertiary/aromatic N) is 1. The molecule has 5 nitrogen and oxygen atoms in total. The molecule has 0 heterocycles. The van der Waals surface area contributed by atoms with Crippen LogP contribution in [-0.2, 0) is 17.9 Å². The van der Waals surface area contributed by atoms with Crippen molar-refractivity contribution in [2.24, 2.45) is 4.99 Å². The van der Waals surface area contributed by atoms with Gasteiger partial charge in [-0.25, -0.2) is 4.39 Å². The average Bonchev–Trinajstić information content (AvgIpc) is 2.69. The van der Waals surface area contributed by atoms with E-state index in [-0.39, 0.29) is 41.6 Å². The Morgan fingerprint density at radius 3 is 2.39 bits per heavy atom. The molecule has 1 atom stereocenters. The number of ether oxygens (including phenoxy) is 2. The highest BCUT2D eigenvalue weighted by molar-refractivity contribution is 14.0. The molecule has 0 aliphatic heterocycles. The Bertz CT molecular complexity index is 726. The molecule has 0 aromatic heterocycles. The first-order chi connectivity index (χ1) is 13.1. The predicted molar refractivity (Wildman–Crippen MR) is 122 cm³/mol. The average molecular weight is 501 g/mol. The molecule has 7 heteroatoms. The Labute approximate surface area is 183 Å². The van der Waals surface area contributed by atoms with E-state index in [9.17, 15) is 4.39 Å². The molecular weight excluding hydrogens is 472 g/mol. The van der Waals surface area contributed by atoms with Gasteiger partial charge in [0.15, 0.2) is 17.5 Å². The van der Waals surface area contributed by atoms with Crippen molar-refractivity contribution < 1.29 is 13.9 Å². The Balaban J connectivity index is 0.00000392. The largest absolute Gasteiger partial charge is 0.486 e. The Kier molecular flexibility index (Phi) is 11.5. The lowest BCUT2D eigenvalue weighted by Crippen LogP contribution is -2.41. The number of halogens is 2. The van der Waals surface area contributed by atoms with E-state index >= 15 is 0 Å². The van der Waals surface area contributed by atoms with Gasteiger partial charge in [0.1, 0.15) is 6.10 Å². The van der Waals surface area contributed by atoms with E-state index in [1.165, 1.54) is 6.07 Å². The summed E-state index contributed by atoms with van der Waals surface area (Å²) in [6.45, 7) is 6.36. The van der Waals surface area contributed by atoms with E-state index < -0.39 is 0 Å². The smallest absolute Gasteiger partial charge is 0.191 e. The molecule has 0 saturated heterocycles. The Hall–Kier alpha value is -1.87. The van der Waals surface area contributed by atoms with Crippen LogP contribution in [0.4, 0.5) is 4.39 Å². The highest BCUT2D eigenvalue weighted by Crippen LogP contribution is 2.16. The monoisotopic (exact) mass is 501 g/mol. The summed E-state index contributed by atoms with van der Waals surface area (Å²) in [7, 11) is 1.71. The van der Waals surface area contributed by atoms with E-state index in [0.29, 0.717) is 32.3 Å². The number of guanidine groups is 1. The van der Waals surface area contributed by atoms with Crippen molar-refractivity contribution >= 4 is 29.9 Å². The highest BCUT2D eigenvalue weighted by atomic mass is 127. The molecule has 0 spiro atoms. The van der Waals surface area contributed by atoms with Crippen LogP contribution >= 0.6 is 24.0 Å². The van der Waals surface area contributed by atoms with Crippen molar-refractivity contribution in [3.05, 3.63) is 65.5 Å². The standard InChI is InChI=1S/C21H28FN3O2.HI/c1-4-26-15-18-11-9-17(10-12-18)14-25-21(23-3)24-13-16(2)27-20-8-6-5-7-19(20)22;/h5-12,16H,4,13-15H2,1-3H3,(H2,23,24,25);1H. The number of hydrogen-bond donors (Lipinski definition) is 2. The first-order valence-corrected chi connectivity index (χ1v) is 9.13. The molecule has 2 N–H and O–H groups in total. The molecule has 0 radical (unpaired) electrons. The van der Waals surface area contributed by atoms with Gasteiger partial charge in [-0.15, -0.1) is 24.0 Å². The van der Waals surface area contributed by atoms with Crippen molar-refractivity contribution in [3.63, 3.8) is 0 Å². The fourth-order valence-electron chi connectivity index (χ4n) is 2.42. The minimum atomic E-state index is -0.361. The highest BCUT2D eigenvalue weighted by Gasteiger charge is 2.09. The van der Waals surface area contributed by atoms with Crippen LogP contribution in [0.25, 0.3) is 0 Å². The van der Waals surface area contributed by atoms with E-state index in [1.54, 1.807) is 25.2 Å². The van der Waals surface area contributed by atoms with Gasteiger partial charge in [0, 0.05) is 20.2 Å². The van der Waals surface area contributed by atoms with Crippen LogP contribution in [0, 0.1) is 5.82 Å². The number of benzene rings is 2. The molecule has 0 bridgehead atoms. The number of aliphatic imine (C=N–C) groups is 1. The summed E-state index contributed by atoms with van der Waals surface area (Å²) < 4.78 is 24.6. The van der Waals surface area contributed by atoms with Crippen molar-refractivity contribution in [2.75, 3.05) is 20.2 Å². The molecule has 28 heavy (non-hydrogen) atoms. The molecular formula is C21H29FIN3O2. The second kappa shape index (κ2) is 13.3. The minimum Gasteiger partial charge on any atom is -0.486 e. The van der Waals surface area contributed by atoms with Gasteiger partial charge in [0.25, 0.3) is 0 Å². The zero-order chi connectivity index (χ0) is 19.5. The zero-order valence-electron chi connectivity index (χ0n) is 16.6. The summed E-state index contributed by atoms with van der Waals surface area (Å²) in [6, 6.07) is 14.7. The summed E-state index contributed by atoms with van der Waals surface area (Å²) in [5.74, 6) is 0.555. The molecule has 2 aromatic rings. The molecule has 0 aliphatic carbocycles. The van der Waals surface area contributed by atoms with Crippen molar-refractivity contribution in [3.8, 4) is 5.75 Å². The number of para-hydroxylation sites is 1. The van der Waals surface area contributed by atoms with Gasteiger partial charge >= 0.3 is 0 Å². The van der Waals surface area contributed by atoms with Gasteiger partial charge in [-0.1, -0.05) is 36.4 Å². The van der Waals surface area contributed by atoms with Crippen LogP contribution in [0.2, 0.25) is 0 Å². The van der Waals surface area contributed by atoms with Crippen LogP contribution < -0.4 is 15.4 Å². The third-order valence-electron chi connectivity index (χ3n) is 3.90. The van der Waals surface area contributed by atoms with E-state index in [1.807, 2.05) is 13.8 Å². The fourth-order valence-corrected chi connectivity index (χ4v) is 2.42. The van der Waals surface area contributed by atoms with Gasteiger partial charge in [0.05, 0.1) is 13.2 Å². The molecule has 2 aromatic carbocycles. The lowest BCUT2D eigenvalue weighted by Gasteiger charge is -2.18. The number of rotatable bonds is 9. The van der Waals surface area contributed by atoms with Gasteiger partial charge in [-0.05, 0) is 37.1 Å².